The smallest absolute Gasteiger partial charge is 0.238 e. The molecular formula is C20H32N4O. The van der Waals surface area contributed by atoms with Gasteiger partial charge in [-0.3, -0.25) is 14.6 Å². The lowest BCUT2D eigenvalue weighted by atomic mass is 10.1. The number of nitrogens with one attached hydrogen (secondary N) is 1. The maximum Gasteiger partial charge on any atom is 0.238 e. The molecule has 0 aliphatic carbocycles. The molecule has 25 heavy (non-hydrogen) atoms. The van der Waals surface area contributed by atoms with Gasteiger partial charge in [0.1, 0.15) is 0 Å². The maximum atomic E-state index is 12.3. The maximum absolute atomic E-state index is 12.3. The largest absolute Gasteiger partial charge is 0.325 e. The molecule has 1 amide bonds. The summed E-state index contributed by atoms with van der Waals surface area (Å²) in [5, 5.41) is 3.04. The van der Waals surface area contributed by atoms with E-state index >= 15 is 0 Å². The van der Waals surface area contributed by atoms with Gasteiger partial charge in [0.05, 0.1) is 6.54 Å². The number of likely N-dealkylation sites (tertiary alicyclic amines) is 1. The highest BCUT2D eigenvalue weighted by molar-refractivity contribution is 5.92. The van der Waals surface area contributed by atoms with Crippen LogP contribution in [0.1, 0.15) is 24.0 Å². The highest BCUT2D eigenvalue weighted by Crippen LogP contribution is 2.14. The molecule has 0 radical (unpaired) electrons. The van der Waals surface area contributed by atoms with Crippen LogP contribution in [-0.4, -0.2) is 79.5 Å². The van der Waals surface area contributed by atoms with Crippen molar-refractivity contribution in [3.8, 4) is 0 Å². The Balaban J connectivity index is 1.37. The first kappa shape index (κ1) is 18.4. The number of piperazine rings is 1. The third kappa shape index (κ3) is 5.80. The summed E-state index contributed by atoms with van der Waals surface area (Å²) in [4.78, 5) is 19.7. The summed E-state index contributed by atoms with van der Waals surface area (Å²) in [6.07, 6.45) is 2.73. The molecule has 2 heterocycles. The first-order valence-corrected chi connectivity index (χ1v) is 9.64. The highest BCUT2D eigenvalue weighted by Gasteiger charge is 2.20. The van der Waals surface area contributed by atoms with Gasteiger partial charge in [-0.1, -0.05) is 6.07 Å². The molecule has 2 saturated heterocycles. The fraction of sp³-hybridized carbons (Fsp3) is 0.650. The molecule has 0 atom stereocenters. The van der Waals surface area contributed by atoms with E-state index in [-0.39, 0.29) is 5.91 Å². The van der Waals surface area contributed by atoms with E-state index in [1.807, 2.05) is 12.1 Å². The summed E-state index contributed by atoms with van der Waals surface area (Å²) in [5.41, 5.74) is 3.27. The van der Waals surface area contributed by atoms with Gasteiger partial charge in [0, 0.05) is 45.0 Å². The van der Waals surface area contributed by atoms with Crippen molar-refractivity contribution < 1.29 is 4.79 Å². The van der Waals surface area contributed by atoms with Gasteiger partial charge in [-0.2, -0.15) is 0 Å². The van der Waals surface area contributed by atoms with Crippen molar-refractivity contribution in [2.45, 2.75) is 26.7 Å². The highest BCUT2D eigenvalue weighted by atomic mass is 16.2. The first-order chi connectivity index (χ1) is 12.1. The lowest BCUT2D eigenvalue weighted by Gasteiger charge is -2.35. The number of anilines is 1. The summed E-state index contributed by atoms with van der Waals surface area (Å²) in [7, 11) is 0. The molecule has 2 aliphatic rings. The average Bonchev–Trinajstić information content (AvgIpc) is 3.06. The van der Waals surface area contributed by atoms with Crippen LogP contribution in [0.15, 0.2) is 18.2 Å². The molecule has 0 saturated carbocycles. The van der Waals surface area contributed by atoms with Crippen LogP contribution in [0.4, 0.5) is 5.69 Å². The first-order valence-electron chi connectivity index (χ1n) is 9.64. The number of nitrogens with zero attached hydrogens (tertiary/aromatic N) is 3. The molecule has 5 nitrogen and oxygen atoms in total. The van der Waals surface area contributed by atoms with Crippen molar-refractivity contribution >= 4 is 11.6 Å². The van der Waals surface area contributed by atoms with E-state index in [1.165, 1.54) is 50.1 Å². The summed E-state index contributed by atoms with van der Waals surface area (Å²) in [5.74, 6) is 0.0931. The Hall–Kier alpha value is -1.43. The molecule has 1 N–H and O–H groups in total. The third-order valence-corrected chi connectivity index (χ3v) is 5.27. The predicted octanol–water partition coefficient (Wildman–Crippen LogP) is 1.96. The van der Waals surface area contributed by atoms with Gasteiger partial charge < -0.3 is 10.2 Å². The van der Waals surface area contributed by atoms with Crippen LogP contribution in [0.2, 0.25) is 0 Å². The molecule has 2 aliphatic heterocycles. The Kier molecular flexibility index (Phi) is 6.45. The molecule has 0 unspecified atom stereocenters. The van der Waals surface area contributed by atoms with Crippen LogP contribution in [0.25, 0.3) is 0 Å². The second-order valence-corrected chi connectivity index (χ2v) is 7.59. The van der Waals surface area contributed by atoms with Crippen LogP contribution in [0.5, 0.6) is 0 Å². The van der Waals surface area contributed by atoms with Crippen molar-refractivity contribution in [2.75, 3.05) is 64.2 Å². The van der Waals surface area contributed by atoms with E-state index in [9.17, 15) is 4.79 Å². The minimum atomic E-state index is 0.0931. The number of benzene rings is 1. The van der Waals surface area contributed by atoms with E-state index in [2.05, 4.69) is 39.9 Å². The molecule has 0 aromatic heterocycles. The van der Waals surface area contributed by atoms with Crippen molar-refractivity contribution in [3.05, 3.63) is 29.3 Å². The second kappa shape index (κ2) is 8.79. The number of carbonyl (C=O) groups excluding carboxylic acids is 1. The Labute approximate surface area is 152 Å². The molecule has 138 valence electrons. The fourth-order valence-corrected chi connectivity index (χ4v) is 3.91. The van der Waals surface area contributed by atoms with Crippen molar-refractivity contribution in [3.63, 3.8) is 0 Å². The zero-order valence-electron chi connectivity index (χ0n) is 15.8. The molecule has 2 fully saturated rings. The molecule has 1 aromatic rings. The summed E-state index contributed by atoms with van der Waals surface area (Å²) < 4.78 is 0. The number of rotatable bonds is 6. The van der Waals surface area contributed by atoms with Gasteiger partial charge in [-0.05, 0) is 63.0 Å². The average molecular weight is 345 g/mol. The molecule has 0 bridgehead atoms. The van der Waals surface area contributed by atoms with Crippen LogP contribution < -0.4 is 5.32 Å². The lowest BCUT2D eigenvalue weighted by Crippen LogP contribution is -2.50. The van der Waals surface area contributed by atoms with Gasteiger partial charge in [-0.25, -0.2) is 0 Å². The van der Waals surface area contributed by atoms with E-state index in [0.717, 1.165) is 31.9 Å². The zero-order valence-corrected chi connectivity index (χ0v) is 15.8. The van der Waals surface area contributed by atoms with Gasteiger partial charge in [0.25, 0.3) is 0 Å². The number of aryl methyl sites for hydroxylation is 2. The van der Waals surface area contributed by atoms with E-state index in [0.29, 0.717) is 6.54 Å². The van der Waals surface area contributed by atoms with Crippen LogP contribution in [-0.2, 0) is 4.79 Å². The second-order valence-electron chi connectivity index (χ2n) is 7.59. The molecule has 5 heteroatoms. The van der Waals surface area contributed by atoms with Crippen LogP contribution in [0, 0.1) is 13.8 Å². The Morgan fingerprint density at radius 1 is 0.840 bits per heavy atom. The topological polar surface area (TPSA) is 38.8 Å². The van der Waals surface area contributed by atoms with E-state index < -0.39 is 0 Å². The van der Waals surface area contributed by atoms with Crippen molar-refractivity contribution in [1.82, 2.24) is 14.7 Å². The molecular weight excluding hydrogens is 312 g/mol. The molecule has 1 aromatic carbocycles. The number of hydrogen-bond donors (Lipinski definition) is 1. The van der Waals surface area contributed by atoms with Crippen LogP contribution in [0.3, 0.4) is 0 Å². The Morgan fingerprint density at radius 2 is 1.36 bits per heavy atom. The third-order valence-electron chi connectivity index (χ3n) is 5.27. The summed E-state index contributed by atoms with van der Waals surface area (Å²) >= 11 is 0. The Bertz CT molecular complexity index is 555. The fourth-order valence-electron chi connectivity index (χ4n) is 3.91. The minimum Gasteiger partial charge on any atom is -0.325 e. The standard InChI is InChI=1S/C20H32N4O/c1-17-13-18(2)15-19(14-17)21-20(25)16-24-11-9-23(10-12-24)8-7-22-5-3-4-6-22/h13-15H,3-12,16H2,1-2H3,(H,21,25). The van der Waals surface area contributed by atoms with E-state index in [1.54, 1.807) is 0 Å². The predicted molar refractivity (Wildman–Crippen MR) is 103 cm³/mol. The molecule has 3 rings (SSSR count). The number of carbonyl (C=O) groups is 1. The zero-order chi connectivity index (χ0) is 17.6. The minimum absolute atomic E-state index is 0.0931. The quantitative estimate of drug-likeness (QED) is 0.856. The number of amides is 1. The SMILES string of the molecule is Cc1cc(C)cc(NC(=O)CN2CCN(CCN3CCCC3)CC2)c1. The van der Waals surface area contributed by atoms with Crippen molar-refractivity contribution in [1.29, 1.82) is 0 Å². The normalized spacial score (nSPS) is 20.1. The summed E-state index contributed by atoms with van der Waals surface area (Å²) in [6, 6.07) is 6.18. The Morgan fingerprint density at radius 3 is 1.96 bits per heavy atom. The van der Waals surface area contributed by atoms with Gasteiger partial charge in [0.15, 0.2) is 0 Å². The van der Waals surface area contributed by atoms with Gasteiger partial charge in [-0.15, -0.1) is 0 Å². The van der Waals surface area contributed by atoms with Gasteiger partial charge in [0.2, 0.25) is 5.91 Å². The van der Waals surface area contributed by atoms with Gasteiger partial charge >= 0.3 is 0 Å². The molecule has 0 spiro atoms. The lowest BCUT2D eigenvalue weighted by molar-refractivity contribution is -0.117. The summed E-state index contributed by atoms with van der Waals surface area (Å²) in [6.45, 7) is 13.7. The van der Waals surface area contributed by atoms with Crippen molar-refractivity contribution in [2.24, 2.45) is 0 Å². The van der Waals surface area contributed by atoms with E-state index in [4.69, 9.17) is 0 Å². The van der Waals surface area contributed by atoms with Crippen LogP contribution >= 0.6 is 0 Å². The number of hydrogen-bond acceptors (Lipinski definition) is 4. The monoisotopic (exact) mass is 344 g/mol.